The van der Waals surface area contributed by atoms with E-state index >= 15 is 0 Å². The molecule has 3 aromatic carbocycles. The second-order valence-electron chi connectivity index (χ2n) is 7.57. The SMILES string of the molecule is COc1ccc(CN2CCCN(c3ccc(NC(=O)c4ccc(F)cc4)cc3)C2=O)cc1. The van der Waals surface area contributed by atoms with Crippen LogP contribution in [0, 0.1) is 5.82 Å². The number of amides is 3. The fourth-order valence-electron chi connectivity index (χ4n) is 3.65. The summed E-state index contributed by atoms with van der Waals surface area (Å²) in [5.41, 5.74) is 2.78. The van der Waals surface area contributed by atoms with Gasteiger partial charge in [-0.05, 0) is 72.6 Å². The first-order valence-electron chi connectivity index (χ1n) is 10.4. The lowest BCUT2D eigenvalue weighted by Crippen LogP contribution is -2.49. The van der Waals surface area contributed by atoms with Crippen molar-refractivity contribution in [2.45, 2.75) is 13.0 Å². The zero-order chi connectivity index (χ0) is 22.5. The van der Waals surface area contributed by atoms with E-state index in [1.165, 1.54) is 24.3 Å². The van der Waals surface area contributed by atoms with Crippen LogP contribution in [0.4, 0.5) is 20.6 Å². The molecule has 1 saturated heterocycles. The Morgan fingerprint density at radius 3 is 2.31 bits per heavy atom. The molecule has 164 valence electrons. The Hall–Kier alpha value is -3.87. The van der Waals surface area contributed by atoms with Crippen molar-refractivity contribution in [3.63, 3.8) is 0 Å². The monoisotopic (exact) mass is 433 g/mol. The number of carbonyl (C=O) groups is 2. The molecule has 0 saturated carbocycles. The van der Waals surface area contributed by atoms with E-state index in [2.05, 4.69) is 5.32 Å². The van der Waals surface area contributed by atoms with Gasteiger partial charge in [0.05, 0.1) is 7.11 Å². The number of halogens is 1. The van der Waals surface area contributed by atoms with Gasteiger partial charge in [-0.25, -0.2) is 9.18 Å². The molecule has 0 aliphatic carbocycles. The van der Waals surface area contributed by atoms with Gasteiger partial charge in [-0.3, -0.25) is 9.69 Å². The van der Waals surface area contributed by atoms with Crippen molar-refractivity contribution in [1.29, 1.82) is 0 Å². The Labute approximate surface area is 186 Å². The van der Waals surface area contributed by atoms with Gasteiger partial charge in [0, 0.05) is 36.6 Å². The third-order valence-electron chi connectivity index (χ3n) is 5.39. The zero-order valence-electron chi connectivity index (χ0n) is 17.8. The van der Waals surface area contributed by atoms with E-state index in [0.29, 0.717) is 30.9 Å². The van der Waals surface area contributed by atoms with E-state index in [-0.39, 0.29) is 11.9 Å². The summed E-state index contributed by atoms with van der Waals surface area (Å²) in [6.07, 6.45) is 0.866. The van der Waals surface area contributed by atoms with Gasteiger partial charge in [0.15, 0.2) is 0 Å². The summed E-state index contributed by atoms with van der Waals surface area (Å²) in [7, 11) is 1.63. The Kier molecular flexibility index (Phi) is 6.35. The number of ether oxygens (including phenoxy) is 1. The highest BCUT2D eigenvalue weighted by Crippen LogP contribution is 2.24. The molecule has 0 radical (unpaired) electrons. The smallest absolute Gasteiger partial charge is 0.324 e. The Bertz CT molecular complexity index is 1080. The first-order chi connectivity index (χ1) is 15.5. The molecular weight excluding hydrogens is 409 g/mol. The molecule has 6 nitrogen and oxygen atoms in total. The van der Waals surface area contributed by atoms with Gasteiger partial charge in [0.2, 0.25) is 0 Å². The third kappa shape index (κ3) is 4.88. The predicted molar refractivity (Wildman–Crippen MR) is 122 cm³/mol. The molecule has 7 heteroatoms. The lowest BCUT2D eigenvalue weighted by molar-refractivity contribution is 0.102. The van der Waals surface area contributed by atoms with Crippen molar-refractivity contribution in [2.24, 2.45) is 0 Å². The molecule has 1 aliphatic heterocycles. The molecule has 0 spiro atoms. The van der Waals surface area contributed by atoms with Crippen LogP contribution in [0.25, 0.3) is 0 Å². The maximum Gasteiger partial charge on any atom is 0.324 e. The van der Waals surface area contributed by atoms with Crippen LogP contribution in [0.2, 0.25) is 0 Å². The maximum absolute atomic E-state index is 13.1. The molecule has 3 amide bonds. The number of benzene rings is 3. The molecular formula is C25H24FN3O3. The molecule has 4 rings (SSSR count). The van der Waals surface area contributed by atoms with Gasteiger partial charge in [-0.2, -0.15) is 0 Å². The van der Waals surface area contributed by atoms with Crippen molar-refractivity contribution >= 4 is 23.3 Å². The molecule has 1 heterocycles. The minimum absolute atomic E-state index is 0.0461. The normalized spacial score (nSPS) is 13.8. The summed E-state index contributed by atoms with van der Waals surface area (Å²) in [6.45, 7) is 1.87. The Morgan fingerprint density at radius 1 is 0.969 bits per heavy atom. The molecule has 1 fully saturated rings. The topological polar surface area (TPSA) is 61.9 Å². The van der Waals surface area contributed by atoms with Crippen LogP contribution in [0.5, 0.6) is 5.75 Å². The zero-order valence-corrected chi connectivity index (χ0v) is 17.8. The van der Waals surface area contributed by atoms with Crippen molar-refractivity contribution in [2.75, 3.05) is 30.4 Å². The van der Waals surface area contributed by atoms with Gasteiger partial charge in [0.25, 0.3) is 5.91 Å². The van der Waals surface area contributed by atoms with Gasteiger partial charge in [0.1, 0.15) is 11.6 Å². The van der Waals surface area contributed by atoms with Crippen molar-refractivity contribution in [3.8, 4) is 5.75 Å². The van der Waals surface area contributed by atoms with Gasteiger partial charge >= 0.3 is 6.03 Å². The van der Waals surface area contributed by atoms with Crippen LogP contribution in [-0.4, -0.2) is 37.0 Å². The summed E-state index contributed by atoms with van der Waals surface area (Å²) in [5, 5.41) is 2.78. The number of hydrogen-bond acceptors (Lipinski definition) is 3. The first-order valence-corrected chi connectivity index (χ1v) is 10.4. The number of anilines is 2. The molecule has 32 heavy (non-hydrogen) atoms. The number of urea groups is 1. The average Bonchev–Trinajstić information content (AvgIpc) is 2.82. The van der Waals surface area contributed by atoms with Crippen molar-refractivity contribution < 1.29 is 18.7 Å². The average molecular weight is 433 g/mol. The predicted octanol–water partition coefficient (Wildman–Crippen LogP) is 4.92. The maximum atomic E-state index is 13.1. The Balaban J connectivity index is 1.40. The molecule has 3 aromatic rings. The fraction of sp³-hybridized carbons (Fsp3) is 0.200. The Morgan fingerprint density at radius 2 is 1.66 bits per heavy atom. The third-order valence-corrected chi connectivity index (χ3v) is 5.39. The second kappa shape index (κ2) is 9.51. The van der Waals surface area contributed by atoms with E-state index in [1.54, 1.807) is 24.1 Å². The quantitative estimate of drug-likeness (QED) is 0.600. The summed E-state index contributed by atoms with van der Waals surface area (Å²) >= 11 is 0. The summed E-state index contributed by atoms with van der Waals surface area (Å²) in [4.78, 5) is 28.9. The standard InChI is InChI=1S/C25H24FN3O3/c1-32-23-13-3-18(4-14-23)17-28-15-2-16-29(25(28)31)22-11-9-21(10-12-22)27-24(30)19-5-7-20(26)8-6-19/h3-14H,2,15-17H2,1H3,(H,27,30). The highest BCUT2D eigenvalue weighted by Gasteiger charge is 2.26. The second-order valence-corrected chi connectivity index (χ2v) is 7.57. The van der Waals surface area contributed by atoms with Crippen LogP contribution in [-0.2, 0) is 6.54 Å². The molecule has 1 aliphatic rings. The number of rotatable bonds is 6. The van der Waals surface area contributed by atoms with Crippen LogP contribution < -0.4 is 15.0 Å². The summed E-state index contributed by atoms with van der Waals surface area (Å²) in [5.74, 6) is 0.0718. The van der Waals surface area contributed by atoms with Crippen LogP contribution in [0.3, 0.4) is 0 Å². The van der Waals surface area contributed by atoms with Gasteiger partial charge < -0.3 is 15.0 Å². The largest absolute Gasteiger partial charge is 0.497 e. The van der Waals surface area contributed by atoms with Crippen LogP contribution in [0.1, 0.15) is 22.3 Å². The van der Waals surface area contributed by atoms with Crippen molar-refractivity contribution in [1.82, 2.24) is 4.90 Å². The number of hydrogen-bond donors (Lipinski definition) is 1. The van der Waals surface area contributed by atoms with E-state index in [1.807, 2.05) is 41.3 Å². The van der Waals surface area contributed by atoms with E-state index in [4.69, 9.17) is 4.74 Å². The molecule has 1 N–H and O–H groups in total. The highest BCUT2D eigenvalue weighted by molar-refractivity contribution is 6.04. The van der Waals surface area contributed by atoms with Crippen LogP contribution in [0.15, 0.2) is 72.8 Å². The number of nitrogens with one attached hydrogen (secondary N) is 1. The molecule has 0 aromatic heterocycles. The minimum atomic E-state index is -0.391. The summed E-state index contributed by atoms with van der Waals surface area (Å²) in [6, 6.07) is 20.2. The first kappa shape index (κ1) is 21.4. The van der Waals surface area contributed by atoms with E-state index < -0.39 is 5.82 Å². The van der Waals surface area contributed by atoms with Gasteiger partial charge in [-0.1, -0.05) is 12.1 Å². The van der Waals surface area contributed by atoms with Crippen LogP contribution >= 0.6 is 0 Å². The van der Waals surface area contributed by atoms with E-state index in [9.17, 15) is 14.0 Å². The highest BCUT2D eigenvalue weighted by atomic mass is 19.1. The number of methoxy groups -OCH3 is 1. The lowest BCUT2D eigenvalue weighted by Gasteiger charge is -2.35. The van der Waals surface area contributed by atoms with Crippen molar-refractivity contribution in [3.05, 3.63) is 89.7 Å². The number of nitrogens with zero attached hydrogens (tertiary/aromatic N) is 2. The van der Waals surface area contributed by atoms with E-state index in [0.717, 1.165) is 23.4 Å². The fourth-order valence-corrected chi connectivity index (χ4v) is 3.65. The summed E-state index contributed by atoms with van der Waals surface area (Å²) < 4.78 is 18.2. The number of carbonyl (C=O) groups excluding carboxylic acids is 2. The molecule has 0 unspecified atom stereocenters. The lowest BCUT2D eigenvalue weighted by atomic mass is 10.1. The van der Waals surface area contributed by atoms with Gasteiger partial charge in [-0.15, -0.1) is 0 Å². The molecule has 0 bridgehead atoms. The molecule has 0 atom stereocenters. The minimum Gasteiger partial charge on any atom is -0.497 e.